The van der Waals surface area contributed by atoms with Crippen LogP contribution in [0.4, 0.5) is 0 Å². The number of carbonyl (C=O) groups excluding carboxylic acids is 1. The Hall–Kier alpha value is -2.67. The SMILES string of the molecule is COc1ccc(C(=O)Oc2ccc(Br)cc2/C=C(\C)[N+](=O)[O-])cc1. The van der Waals surface area contributed by atoms with E-state index in [1.54, 1.807) is 42.5 Å². The van der Waals surface area contributed by atoms with Gasteiger partial charge >= 0.3 is 5.97 Å². The van der Waals surface area contributed by atoms with Crippen LogP contribution in [-0.2, 0) is 0 Å². The molecular weight excluding hydrogens is 378 g/mol. The molecular formula is C17H14BrNO5. The second-order valence-electron chi connectivity index (χ2n) is 4.84. The Morgan fingerprint density at radius 2 is 1.88 bits per heavy atom. The molecule has 0 fully saturated rings. The van der Waals surface area contributed by atoms with E-state index >= 15 is 0 Å². The first kappa shape index (κ1) is 17.7. The number of nitrogens with zero attached hydrogens (tertiary/aromatic N) is 1. The third-order valence-electron chi connectivity index (χ3n) is 3.15. The van der Waals surface area contributed by atoms with Crippen LogP contribution in [0.1, 0.15) is 22.8 Å². The Kier molecular flexibility index (Phi) is 5.70. The Morgan fingerprint density at radius 3 is 2.46 bits per heavy atom. The molecule has 0 aliphatic carbocycles. The van der Waals surface area contributed by atoms with E-state index < -0.39 is 10.9 Å². The van der Waals surface area contributed by atoms with Crippen LogP contribution in [0.15, 0.2) is 52.6 Å². The lowest BCUT2D eigenvalue weighted by Crippen LogP contribution is -2.09. The van der Waals surface area contributed by atoms with Crippen LogP contribution < -0.4 is 9.47 Å². The second-order valence-corrected chi connectivity index (χ2v) is 5.76. The average molecular weight is 392 g/mol. The maximum atomic E-state index is 12.2. The molecule has 0 saturated heterocycles. The third-order valence-corrected chi connectivity index (χ3v) is 3.65. The van der Waals surface area contributed by atoms with E-state index in [0.717, 1.165) is 0 Å². The van der Waals surface area contributed by atoms with Gasteiger partial charge in [-0.25, -0.2) is 4.79 Å². The van der Waals surface area contributed by atoms with Gasteiger partial charge in [0.05, 0.1) is 17.6 Å². The Balaban J connectivity index is 2.29. The van der Waals surface area contributed by atoms with Crippen molar-refractivity contribution in [2.75, 3.05) is 7.11 Å². The fourth-order valence-electron chi connectivity index (χ4n) is 1.89. The summed E-state index contributed by atoms with van der Waals surface area (Å²) in [6, 6.07) is 11.4. The lowest BCUT2D eigenvalue weighted by atomic mass is 10.1. The number of esters is 1. The van der Waals surface area contributed by atoms with Crippen molar-refractivity contribution in [1.29, 1.82) is 0 Å². The van der Waals surface area contributed by atoms with Gasteiger partial charge in [0.1, 0.15) is 11.5 Å². The van der Waals surface area contributed by atoms with E-state index in [2.05, 4.69) is 15.9 Å². The Bertz CT molecular complexity index is 799. The van der Waals surface area contributed by atoms with E-state index in [0.29, 0.717) is 21.3 Å². The van der Waals surface area contributed by atoms with Gasteiger partial charge in [0.25, 0.3) is 0 Å². The standard InChI is InChI=1S/C17H14BrNO5/c1-11(19(21)22)9-13-10-14(18)5-8-16(13)24-17(20)12-3-6-15(23-2)7-4-12/h3-10H,1-2H3/b11-9+. The number of allylic oxidation sites excluding steroid dienone is 1. The van der Waals surface area contributed by atoms with E-state index in [4.69, 9.17) is 9.47 Å². The zero-order valence-electron chi connectivity index (χ0n) is 13.0. The van der Waals surface area contributed by atoms with Gasteiger partial charge in [-0.2, -0.15) is 0 Å². The van der Waals surface area contributed by atoms with Crippen LogP contribution >= 0.6 is 15.9 Å². The summed E-state index contributed by atoms with van der Waals surface area (Å²) < 4.78 is 11.1. The summed E-state index contributed by atoms with van der Waals surface area (Å²) in [5.41, 5.74) is 0.718. The molecule has 2 aromatic rings. The van der Waals surface area contributed by atoms with Crippen LogP contribution in [0.25, 0.3) is 6.08 Å². The first-order chi connectivity index (χ1) is 11.4. The largest absolute Gasteiger partial charge is 0.497 e. The third kappa shape index (κ3) is 4.42. The molecule has 7 heteroatoms. The van der Waals surface area contributed by atoms with E-state index in [9.17, 15) is 14.9 Å². The first-order valence-corrected chi connectivity index (χ1v) is 7.68. The smallest absolute Gasteiger partial charge is 0.343 e. The van der Waals surface area contributed by atoms with Crippen molar-refractivity contribution in [3.05, 3.63) is 73.9 Å². The van der Waals surface area contributed by atoms with E-state index in [-0.39, 0.29) is 11.4 Å². The molecule has 0 heterocycles. The van der Waals surface area contributed by atoms with Gasteiger partial charge in [0, 0.05) is 23.0 Å². The summed E-state index contributed by atoms with van der Waals surface area (Å²) >= 11 is 3.30. The maximum absolute atomic E-state index is 12.2. The quantitative estimate of drug-likeness (QED) is 0.328. The summed E-state index contributed by atoms with van der Waals surface area (Å²) in [4.78, 5) is 22.5. The minimum absolute atomic E-state index is 0.0603. The molecule has 2 rings (SSSR count). The van der Waals surface area contributed by atoms with Gasteiger partial charge in [-0.3, -0.25) is 10.1 Å². The summed E-state index contributed by atoms with van der Waals surface area (Å²) in [5.74, 6) is 0.300. The lowest BCUT2D eigenvalue weighted by molar-refractivity contribution is -0.422. The number of ether oxygens (including phenoxy) is 2. The van der Waals surface area contributed by atoms with E-state index in [1.165, 1.54) is 20.1 Å². The maximum Gasteiger partial charge on any atom is 0.343 e. The molecule has 6 nitrogen and oxygen atoms in total. The molecule has 0 amide bonds. The number of hydrogen-bond acceptors (Lipinski definition) is 5. The van der Waals surface area contributed by atoms with Crippen molar-refractivity contribution in [2.45, 2.75) is 6.92 Å². The highest BCUT2D eigenvalue weighted by Crippen LogP contribution is 2.26. The first-order valence-electron chi connectivity index (χ1n) is 6.89. The number of halogens is 1. The van der Waals surface area contributed by atoms with Crippen molar-refractivity contribution in [3.8, 4) is 11.5 Å². The molecule has 0 radical (unpaired) electrons. The fraction of sp³-hybridized carbons (Fsp3) is 0.118. The van der Waals surface area contributed by atoms with Crippen molar-refractivity contribution in [3.63, 3.8) is 0 Å². The molecule has 0 N–H and O–H groups in total. The minimum atomic E-state index is -0.562. The van der Waals surface area contributed by atoms with Crippen LogP contribution in [0.3, 0.4) is 0 Å². The molecule has 0 aromatic heterocycles. The number of methoxy groups -OCH3 is 1. The van der Waals surface area contributed by atoms with Crippen molar-refractivity contribution in [2.24, 2.45) is 0 Å². The predicted octanol–water partition coefficient (Wildman–Crippen LogP) is 4.31. The molecule has 2 aromatic carbocycles. The predicted molar refractivity (Wildman–Crippen MR) is 92.7 cm³/mol. The molecule has 0 unspecified atom stereocenters. The number of carbonyl (C=O) groups is 1. The molecule has 0 aliphatic rings. The van der Waals surface area contributed by atoms with Gasteiger partial charge in [-0.1, -0.05) is 15.9 Å². The summed E-state index contributed by atoms with van der Waals surface area (Å²) in [5, 5.41) is 10.8. The fourth-order valence-corrected chi connectivity index (χ4v) is 2.27. The highest BCUT2D eigenvalue weighted by molar-refractivity contribution is 9.10. The van der Waals surface area contributed by atoms with Crippen molar-refractivity contribution in [1.82, 2.24) is 0 Å². The number of rotatable bonds is 5. The van der Waals surface area contributed by atoms with Crippen molar-refractivity contribution >= 4 is 28.0 Å². The minimum Gasteiger partial charge on any atom is -0.497 e. The molecule has 0 saturated carbocycles. The van der Waals surface area contributed by atoms with Gasteiger partial charge in [-0.15, -0.1) is 0 Å². The molecule has 124 valence electrons. The molecule has 0 aliphatic heterocycles. The van der Waals surface area contributed by atoms with E-state index in [1.807, 2.05) is 0 Å². The van der Waals surface area contributed by atoms with Gasteiger partial charge in [0.2, 0.25) is 5.70 Å². The van der Waals surface area contributed by atoms with Crippen LogP contribution in [0.2, 0.25) is 0 Å². The number of hydrogen-bond donors (Lipinski definition) is 0. The molecule has 0 bridgehead atoms. The van der Waals surface area contributed by atoms with Gasteiger partial charge in [0.15, 0.2) is 0 Å². The second kappa shape index (κ2) is 7.74. The van der Waals surface area contributed by atoms with Gasteiger partial charge in [-0.05, 0) is 42.5 Å². The highest BCUT2D eigenvalue weighted by atomic mass is 79.9. The van der Waals surface area contributed by atoms with Gasteiger partial charge < -0.3 is 9.47 Å². The topological polar surface area (TPSA) is 78.7 Å². The summed E-state index contributed by atoms with van der Waals surface area (Å²) in [6.45, 7) is 1.37. The van der Waals surface area contributed by atoms with Crippen LogP contribution in [0.5, 0.6) is 11.5 Å². The zero-order chi connectivity index (χ0) is 17.7. The number of nitro groups is 1. The van der Waals surface area contributed by atoms with Crippen LogP contribution in [-0.4, -0.2) is 18.0 Å². The highest BCUT2D eigenvalue weighted by Gasteiger charge is 2.13. The Labute approximate surface area is 147 Å². The molecule has 24 heavy (non-hydrogen) atoms. The van der Waals surface area contributed by atoms with Crippen molar-refractivity contribution < 1.29 is 19.2 Å². The summed E-state index contributed by atoms with van der Waals surface area (Å²) in [6.07, 6.45) is 1.35. The van der Waals surface area contributed by atoms with Crippen LogP contribution in [0, 0.1) is 10.1 Å². The lowest BCUT2D eigenvalue weighted by Gasteiger charge is -2.08. The molecule has 0 spiro atoms. The monoisotopic (exact) mass is 391 g/mol. The summed E-state index contributed by atoms with van der Waals surface area (Å²) in [7, 11) is 1.53. The zero-order valence-corrected chi connectivity index (χ0v) is 14.6. The Morgan fingerprint density at radius 1 is 1.21 bits per heavy atom. The normalized spacial score (nSPS) is 11.0. The number of benzene rings is 2. The molecule has 0 atom stereocenters. The average Bonchev–Trinajstić information content (AvgIpc) is 2.57.